The topological polar surface area (TPSA) is 17.1 Å². The summed E-state index contributed by atoms with van der Waals surface area (Å²) in [5, 5.41) is 0. The molecule has 1 heteroatoms. The van der Waals surface area contributed by atoms with E-state index in [0.717, 1.165) is 25.7 Å². The average Bonchev–Trinajstić information content (AvgIpc) is 2.90. The Morgan fingerprint density at radius 2 is 0.595 bits per heavy atom. The molecule has 0 aliphatic carbocycles. The van der Waals surface area contributed by atoms with E-state index in [4.69, 9.17) is 0 Å². The summed E-state index contributed by atoms with van der Waals surface area (Å²) in [6, 6.07) is 0. The molecule has 1 nitrogen and oxygen atoms in total. The highest BCUT2D eigenvalue weighted by molar-refractivity contribution is 5.78. The Balaban J connectivity index is 3.19. The molecule has 0 fully saturated rings. The zero-order valence-corrected chi connectivity index (χ0v) is 26.0. The Labute approximate surface area is 235 Å². The van der Waals surface area contributed by atoms with E-state index in [1.165, 1.54) is 173 Å². The van der Waals surface area contributed by atoms with Gasteiger partial charge < -0.3 is 0 Å². The molecule has 0 aromatic heterocycles. The molecule has 220 valence electrons. The van der Waals surface area contributed by atoms with Crippen LogP contribution in [-0.4, -0.2) is 5.78 Å². The van der Waals surface area contributed by atoms with Crippen LogP contribution in [0.5, 0.6) is 0 Å². The molecule has 0 atom stereocenters. The molecule has 0 spiro atoms. The van der Waals surface area contributed by atoms with E-state index in [-0.39, 0.29) is 0 Å². The molecule has 0 aromatic carbocycles. The fourth-order valence-electron chi connectivity index (χ4n) is 5.39. The number of allylic oxidation sites excluding steroid dienone is 2. The van der Waals surface area contributed by atoms with E-state index in [9.17, 15) is 4.79 Å². The second-order valence-corrected chi connectivity index (χ2v) is 11.9. The van der Waals surface area contributed by atoms with Gasteiger partial charge in [-0.3, -0.25) is 4.79 Å². The maximum Gasteiger partial charge on any atom is 0.132 e. The molecule has 37 heavy (non-hydrogen) atoms. The lowest BCUT2D eigenvalue weighted by Crippen LogP contribution is -1.97. The second-order valence-electron chi connectivity index (χ2n) is 11.9. The first kappa shape index (κ1) is 36.4. The van der Waals surface area contributed by atoms with Crippen LogP contribution in [0.15, 0.2) is 12.2 Å². The monoisotopic (exact) mass is 519 g/mol. The molecule has 0 saturated carbocycles. The predicted molar refractivity (Wildman–Crippen MR) is 169 cm³/mol. The summed E-state index contributed by atoms with van der Waals surface area (Å²) in [6.07, 6.45) is 46.0. The molecule has 0 aromatic rings. The molecular weight excluding hydrogens is 448 g/mol. The van der Waals surface area contributed by atoms with Gasteiger partial charge in [0.2, 0.25) is 0 Å². The molecule has 0 unspecified atom stereocenters. The number of carbonyl (C=O) groups excluding carboxylic acids is 1. The lowest BCUT2D eigenvalue weighted by molar-refractivity contribution is -0.119. The summed E-state index contributed by atoms with van der Waals surface area (Å²) >= 11 is 0. The highest BCUT2D eigenvalue weighted by atomic mass is 16.1. The van der Waals surface area contributed by atoms with Crippen LogP contribution < -0.4 is 0 Å². The molecule has 0 amide bonds. The molecule has 0 radical (unpaired) electrons. The van der Waals surface area contributed by atoms with Gasteiger partial charge in [0.15, 0.2) is 0 Å². The lowest BCUT2D eigenvalue weighted by atomic mass is 10.0. The van der Waals surface area contributed by atoms with Gasteiger partial charge in [0.25, 0.3) is 0 Å². The number of carbonyl (C=O) groups is 1. The van der Waals surface area contributed by atoms with Crippen LogP contribution in [0, 0.1) is 0 Å². The molecule has 0 saturated heterocycles. The smallest absolute Gasteiger partial charge is 0.132 e. The van der Waals surface area contributed by atoms with Crippen LogP contribution in [0.25, 0.3) is 0 Å². The van der Waals surface area contributed by atoms with E-state index >= 15 is 0 Å². The number of hydrogen-bond acceptors (Lipinski definition) is 1. The number of ketones is 1. The van der Waals surface area contributed by atoms with Crippen LogP contribution in [0.4, 0.5) is 0 Å². The normalized spacial score (nSPS) is 11.6. The van der Waals surface area contributed by atoms with Crippen LogP contribution >= 0.6 is 0 Å². The highest BCUT2D eigenvalue weighted by Crippen LogP contribution is 2.15. The summed E-state index contributed by atoms with van der Waals surface area (Å²) in [6.45, 7) is 4.58. The van der Waals surface area contributed by atoms with Gasteiger partial charge in [-0.05, 0) is 38.5 Å². The van der Waals surface area contributed by atoms with Crippen molar-refractivity contribution in [2.24, 2.45) is 0 Å². The van der Waals surface area contributed by atoms with E-state index in [1.807, 2.05) is 0 Å². The van der Waals surface area contributed by atoms with Crippen molar-refractivity contribution < 1.29 is 4.79 Å². The zero-order chi connectivity index (χ0) is 26.9. The Morgan fingerprint density at radius 1 is 0.351 bits per heavy atom. The Morgan fingerprint density at radius 3 is 0.892 bits per heavy atom. The first-order valence-corrected chi connectivity index (χ1v) is 17.5. The summed E-state index contributed by atoms with van der Waals surface area (Å²) in [5.41, 5.74) is 0. The number of unbranched alkanes of at least 4 members (excludes halogenated alkanes) is 26. The van der Waals surface area contributed by atoms with E-state index in [2.05, 4.69) is 26.0 Å². The summed E-state index contributed by atoms with van der Waals surface area (Å²) in [7, 11) is 0. The summed E-state index contributed by atoms with van der Waals surface area (Å²) < 4.78 is 0. The maximum atomic E-state index is 12.1. The van der Waals surface area contributed by atoms with Crippen LogP contribution in [0.1, 0.15) is 213 Å². The van der Waals surface area contributed by atoms with Gasteiger partial charge in [0, 0.05) is 12.8 Å². The second kappa shape index (κ2) is 33.4. The molecule has 0 rings (SSSR count). The Kier molecular flexibility index (Phi) is 32.9. The third-order valence-corrected chi connectivity index (χ3v) is 8.03. The van der Waals surface area contributed by atoms with Gasteiger partial charge in [-0.15, -0.1) is 0 Å². The van der Waals surface area contributed by atoms with Crippen molar-refractivity contribution in [1.29, 1.82) is 0 Å². The van der Waals surface area contributed by atoms with E-state index < -0.39 is 0 Å². The van der Waals surface area contributed by atoms with E-state index in [0.29, 0.717) is 5.78 Å². The van der Waals surface area contributed by atoms with Crippen LogP contribution in [-0.2, 0) is 4.79 Å². The molecule has 0 bridgehead atoms. The van der Waals surface area contributed by atoms with Crippen molar-refractivity contribution in [2.75, 3.05) is 0 Å². The molecule has 0 aliphatic rings. The Bertz CT molecular complexity index is 452. The minimum Gasteiger partial charge on any atom is -0.300 e. The van der Waals surface area contributed by atoms with Crippen molar-refractivity contribution in [3.05, 3.63) is 12.2 Å². The number of rotatable bonds is 32. The third-order valence-electron chi connectivity index (χ3n) is 8.03. The first-order chi connectivity index (χ1) is 18.3. The Hall–Kier alpha value is -0.590. The van der Waals surface area contributed by atoms with Gasteiger partial charge in [-0.25, -0.2) is 0 Å². The van der Waals surface area contributed by atoms with Gasteiger partial charge in [0.05, 0.1) is 0 Å². The van der Waals surface area contributed by atoms with Crippen molar-refractivity contribution in [3.8, 4) is 0 Å². The van der Waals surface area contributed by atoms with Gasteiger partial charge in [0.1, 0.15) is 5.78 Å². The van der Waals surface area contributed by atoms with Crippen LogP contribution in [0.2, 0.25) is 0 Å². The molecule has 0 N–H and O–H groups in total. The standard InChI is InChI=1S/C36H70O/c1-3-5-7-9-11-13-15-17-19-21-23-25-27-29-31-33-35-36(37)34-32-30-28-26-24-22-20-18-16-14-12-10-8-6-4-2/h17,19H,3-16,18,20-35H2,1-2H3/b19-17-. The molecular formula is C36H70O. The fourth-order valence-corrected chi connectivity index (χ4v) is 5.39. The minimum absolute atomic E-state index is 0.519. The maximum absolute atomic E-state index is 12.1. The SMILES string of the molecule is CCCCCCCC/C=C\CCCCCCCCC(=O)CCCCCCCCCCCCCCCCC. The van der Waals surface area contributed by atoms with Crippen molar-refractivity contribution >= 4 is 5.78 Å². The predicted octanol–water partition coefficient (Wildman–Crippen LogP) is 13.2. The zero-order valence-electron chi connectivity index (χ0n) is 26.0. The van der Waals surface area contributed by atoms with Gasteiger partial charge in [-0.1, -0.05) is 174 Å². The van der Waals surface area contributed by atoms with Crippen molar-refractivity contribution in [2.45, 2.75) is 213 Å². The first-order valence-electron chi connectivity index (χ1n) is 17.5. The van der Waals surface area contributed by atoms with Crippen LogP contribution in [0.3, 0.4) is 0 Å². The summed E-state index contributed by atoms with van der Waals surface area (Å²) in [4.78, 5) is 12.1. The van der Waals surface area contributed by atoms with Crippen molar-refractivity contribution in [1.82, 2.24) is 0 Å². The highest BCUT2D eigenvalue weighted by Gasteiger charge is 2.02. The quantitative estimate of drug-likeness (QED) is 0.0639. The number of Topliss-reactive ketones (excluding diaryl/α,β-unsaturated/α-hetero) is 1. The third kappa shape index (κ3) is 33.4. The summed E-state index contributed by atoms with van der Waals surface area (Å²) in [5.74, 6) is 0.519. The largest absolute Gasteiger partial charge is 0.300 e. The van der Waals surface area contributed by atoms with Gasteiger partial charge >= 0.3 is 0 Å². The fraction of sp³-hybridized carbons (Fsp3) is 0.917. The molecule has 0 aliphatic heterocycles. The minimum atomic E-state index is 0.519. The number of hydrogen-bond donors (Lipinski definition) is 0. The molecule has 0 heterocycles. The van der Waals surface area contributed by atoms with E-state index in [1.54, 1.807) is 0 Å². The van der Waals surface area contributed by atoms with Crippen molar-refractivity contribution in [3.63, 3.8) is 0 Å². The van der Waals surface area contributed by atoms with Gasteiger partial charge in [-0.2, -0.15) is 0 Å². The lowest BCUT2D eigenvalue weighted by Gasteiger charge is -2.04. The average molecular weight is 519 g/mol.